The minimum absolute atomic E-state index is 0.387. The molecule has 3 aromatic rings. The van der Waals surface area contributed by atoms with Crippen LogP contribution in [-0.4, -0.2) is 11.6 Å². The summed E-state index contributed by atoms with van der Waals surface area (Å²) in [5, 5.41) is 0. The van der Waals surface area contributed by atoms with E-state index in [0.717, 1.165) is 25.0 Å². The van der Waals surface area contributed by atoms with Crippen molar-refractivity contribution < 1.29 is 22.8 Å². The number of anilines is 3. The Morgan fingerprint density at radius 1 is 0.633 bits per heavy atom. The molecule has 0 N–H and O–H groups in total. The van der Waals surface area contributed by atoms with Gasteiger partial charge in [-0.3, -0.25) is 9.59 Å². The van der Waals surface area contributed by atoms with Crippen molar-refractivity contribution in [2.45, 2.75) is 27.7 Å². The van der Waals surface area contributed by atoms with Crippen molar-refractivity contribution in [3.63, 3.8) is 0 Å². The molecule has 3 aromatic carbocycles. The number of rotatable bonds is 5. The van der Waals surface area contributed by atoms with Crippen LogP contribution in [0, 0.1) is 31.3 Å². The largest absolute Gasteiger partial charge is 0.305 e. The molecule has 0 bridgehead atoms. The van der Waals surface area contributed by atoms with Crippen molar-refractivity contribution in [3.05, 3.63) is 88.2 Å². The lowest BCUT2D eigenvalue weighted by Gasteiger charge is -2.28. The highest BCUT2D eigenvalue weighted by Gasteiger charge is 2.33. The first-order valence-corrected chi connectivity index (χ1v) is 9.29. The van der Waals surface area contributed by atoms with Crippen LogP contribution in [0.1, 0.15) is 45.7 Å². The van der Waals surface area contributed by atoms with E-state index in [9.17, 15) is 14.0 Å². The molecule has 3 nitrogen and oxygen atoms in total. The summed E-state index contributed by atoms with van der Waals surface area (Å²) in [4.78, 5) is 25.2. The molecule has 0 radical (unpaired) electrons. The Morgan fingerprint density at radius 2 is 0.967 bits per heavy atom. The molecule has 0 heterocycles. The van der Waals surface area contributed by atoms with Crippen LogP contribution >= 0.6 is 0 Å². The van der Waals surface area contributed by atoms with E-state index >= 15 is 8.78 Å². The monoisotopic (exact) mass is 411 g/mol. The zero-order chi connectivity index (χ0) is 22.2. The van der Waals surface area contributed by atoms with Gasteiger partial charge in [-0.2, -0.15) is 0 Å². The molecule has 0 aliphatic heterocycles. The number of carbonyl (C=O) groups is 2. The van der Waals surface area contributed by atoms with Crippen LogP contribution < -0.4 is 4.90 Å². The summed E-state index contributed by atoms with van der Waals surface area (Å²) >= 11 is 0. The Kier molecular flexibility index (Phi) is 5.78. The molecular weight excluding hydrogens is 391 g/mol. The van der Waals surface area contributed by atoms with Crippen LogP contribution in [0.2, 0.25) is 0 Å². The highest BCUT2D eigenvalue weighted by atomic mass is 19.1. The maximum atomic E-state index is 15.4. The molecule has 0 aliphatic carbocycles. The second-order valence-electron chi connectivity index (χ2n) is 7.16. The van der Waals surface area contributed by atoms with E-state index < -0.39 is 45.8 Å². The molecule has 0 spiro atoms. The van der Waals surface area contributed by atoms with E-state index in [4.69, 9.17) is 0 Å². The number of benzene rings is 3. The fourth-order valence-corrected chi connectivity index (χ4v) is 3.26. The summed E-state index contributed by atoms with van der Waals surface area (Å²) in [6.45, 7) is 5.66. The maximum absolute atomic E-state index is 15.4. The molecule has 0 unspecified atom stereocenters. The van der Waals surface area contributed by atoms with E-state index in [1.165, 1.54) is 4.90 Å². The second-order valence-corrected chi connectivity index (χ2v) is 7.16. The highest BCUT2D eigenvalue weighted by Crippen LogP contribution is 2.41. The third-order valence-corrected chi connectivity index (χ3v) is 4.81. The Bertz CT molecular complexity index is 1050. The van der Waals surface area contributed by atoms with E-state index in [1.54, 1.807) is 48.5 Å². The number of ketones is 2. The molecule has 3 rings (SSSR count). The Hall–Kier alpha value is -3.41. The standard InChI is InChI=1S/C24H20F3NO2/c1-13-5-9-17(10-6-13)28(18-11-7-14(2)8-12-18)24-22(26)19(15(3)29)21(25)20(16(4)30)23(24)27/h5-12H,1-4H3. The van der Waals surface area contributed by atoms with Gasteiger partial charge in [0.2, 0.25) is 0 Å². The van der Waals surface area contributed by atoms with Gasteiger partial charge in [-0.15, -0.1) is 0 Å². The average Bonchev–Trinajstić information content (AvgIpc) is 2.66. The first-order valence-electron chi connectivity index (χ1n) is 9.29. The summed E-state index contributed by atoms with van der Waals surface area (Å²) in [5.74, 6) is -6.09. The van der Waals surface area contributed by atoms with Crippen molar-refractivity contribution in [3.8, 4) is 0 Å². The van der Waals surface area contributed by atoms with Gasteiger partial charge in [0.05, 0.1) is 11.1 Å². The van der Waals surface area contributed by atoms with Crippen molar-refractivity contribution in [2.75, 3.05) is 4.90 Å². The Balaban J connectivity index is 2.44. The van der Waals surface area contributed by atoms with E-state index in [-0.39, 0.29) is 0 Å². The normalized spacial score (nSPS) is 10.8. The van der Waals surface area contributed by atoms with Crippen molar-refractivity contribution in [1.29, 1.82) is 0 Å². The van der Waals surface area contributed by atoms with Gasteiger partial charge in [-0.05, 0) is 52.0 Å². The topological polar surface area (TPSA) is 37.4 Å². The van der Waals surface area contributed by atoms with Crippen LogP contribution in [0.4, 0.5) is 30.2 Å². The van der Waals surface area contributed by atoms with E-state index in [0.29, 0.717) is 11.4 Å². The van der Waals surface area contributed by atoms with Gasteiger partial charge in [-0.25, -0.2) is 13.2 Å². The van der Waals surface area contributed by atoms with E-state index in [1.807, 2.05) is 13.8 Å². The van der Waals surface area contributed by atoms with Crippen LogP contribution in [0.15, 0.2) is 48.5 Å². The first kappa shape index (κ1) is 21.3. The Labute approximate surface area is 172 Å². The molecule has 0 saturated heterocycles. The SMILES string of the molecule is CC(=O)c1c(F)c(C(C)=O)c(F)c(N(c2ccc(C)cc2)c2ccc(C)cc2)c1F. The summed E-state index contributed by atoms with van der Waals surface area (Å²) in [6, 6.07) is 13.6. The summed E-state index contributed by atoms with van der Waals surface area (Å²) in [6.07, 6.45) is 0. The number of nitrogens with zero attached hydrogens (tertiary/aromatic N) is 1. The van der Waals surface area contributed by atoms with Crippen LogP contribution in [0.3, 0.4) is 0 Å². The van der Waals surface area contributed by atoms with Crippen molar-refractivity contribution >= 4 is 28.6 Å². The molecule has 0 atom stereocenters. The number of hydrogen-bond donors (Lipinski definition) is 0. The molecule has 0 fully saturated rings. The van der Waals surface area contributed by atoms with Gasteiger partial charge in [0.15, 0.2) is 29.0 Å². The van der Waals surface area contributed by atoms with Gasteiger partial charge in [0.25, 0.3) is 0 Å². The van der Waals surface area contributed by atoms with Gasteiger partial charge < -0.3 is 4.90 Å². The van der Waals surface area contributed by atoms with Crippen LogP contribution in [0.5, 0.6) is 0 Å². The maximum Gasteiger partial charge on any atom is 0.165 e. The smallest absolute Gasteiger partial charge is 0.165 e. The van der Waals surface area contributed by atoms with Gasteiger partial charge in [0.1, 0.15) is 5.69 Å². The van der Waals surface area contributed by atoms with Gasteiger partial charge >= 0.3 is 0 Å². The van der Waals surface area contributed by atoms with Gasteiger partial charge in [-0.1, -0.05) is 35.4 Å². The molecule has 0 aromatic heterocycles. The number of carbonyl (C=O) groups excluding carboxylic acids is 2. The minimum Gasteiger partial charge on any atom is -0.305 e. The summed E-state index contributed by atoms with van der Waals surface area (Å²) in [7, 11) is 0. The molecule has 0 amide bonds. The Morgan fingerprint density at radius 3 is 1.27 bits per heavy atom. The van der Waals surface area contributed by atoms with Crippen molar-refractivity contribution in [1.82, 2.24) is 0 Å². The lowest BCUT2D eigenvalue weighted by atomic mass is 9.99. The van der Waals surface area contributed by atoms with E-state index in [2.05, 4.69) is 0 Å². The number of aryl methyl sites for hydroxylation is 2. The lowest BCUT2D eigenvalue weighted by Crippen LogP contribution is -2.20. The molecule has 30 heavy (non-hydrogen) atoms. The number of hydrogen-bond acceptors (Lipinski definition) is 3. The predicted octanol–water partition coefficient (Wildman–Crippen LogP) is 6.60. The third-order valence-electron chi connectivity index (χ3n) is 4.81. The number of Topliss-reactive ketones (excluding diaryl/α,β-unsaturated/α-hetero) is 2. The fourth-order valence-electron chi connectivity index (χ4n) is 3.26. The van der Waals surface area contributed by atoms with Crippen LogP contribution in [-0.2, 0) is 0 Å². The second kappa shape index (κ2) is 8.14. The zero-order valence-corrected chi connectivity index (χ0v) is 17.0. The molecule has 154 valence electrons. The first-order chi connectivity index (χ1) is 14.1. The lowest BCUT2D eigenvalue weighted by molar-refractivity contribution is 0.100. The summed E-state index contributed by atoms with van der Waals surface area (Å²) in [5.41, 5.74) is 0.0601. The van der Waals surface area contributed by atoms with Crippen molar-refractivity contribution in [2.24, 2.45) is 0 Å². The van der Waals surface area contributed by atoms with Gasteiger partial charge in [0, 0.05) is 11.4 Å². The predicted molar refractivity (Wildman–Crippen MR) is 110 cm³/mol. The summed E-state index contributed by atoms with van der Waals surface area (Å²) < 4.78 is 45.5. The molecule has 0 saturated carbocycles. The average molecular weight is 411 g/mol. The molecule has 6 heteroatoms. The minimum atomic E-state index is -1.48. The molecule has 0 aliphatic rings. The third kappa shape index (κ3) is 3.73. The zero-order valence-electron chi connectivity index (χ0n) is 17.0. The van der Waals surface area contributed by atoms with Crippen LogP contribution in [0.25, 0.3) is 0 Å². The fraction of sp³-hybridized carbons (Fsp3) is 0.167. The number of halogens is 3. The highest BCUT2D eigenvalue weighted by molar-refractivity contribution is 6.03. The molecular formula is C24H20F3NO2. The quantitative estimate of drug-likeness (QED) is 0.444.